The van der Waals surface area contributed by atoms with E-state index in [2.05, 4.69) is 9.46 Å². The highest BCUT2D eigenvalue weighted by atomic mass is 32.2. The Bertz CT molecular complexity index is 580. The molecule has 7 nitrogen and oxygen atoms in total. The second-order valence-electron chi connectivity index (χ2n) is 4.76. The molecule has 1 aliphatic rings. The van der Waals surface area contributed by atoms with E-state index in [1.807, 2.05) is 0 Å². The zero-order chi connectivity index (χ0) is 14.8. The molecule has 0 spiro atoms. The van der Waals surface area contributed by atoms with Gasteiger partial charge >= 0.3 is 5.97 Å². The molecule has 0 saturated heterocycles. The van der Waals surface area contributed by atoms with E-state index >= 15 is 0 Å². The number of ether oxygens (including phenoxy) is 1. The molecule has 0 amide bonds. The van der Waals surface area contributed by atoms with E-state index in [9.17, 15) is 13.2 Å². The van der Waals surface area contributed by atoms with Crippen molar-refractivity contribution in [2.24, 2.45) is 11.7 Å². The monoisotopic (exact) mass is 302 g/mol. The first-order chi connectivity index (χ1) is 9.47. The number of methoxy groups -OCH3 is 1. The van der Waals surface area contributed by atoms with Gasteiger partial charge < -0.3 is 14.9 Å². The summed E-state index contributed by atoms with van der Waals surface area (Å²) in [5.74, 6) is -0.721. The number of esters is 1. The van der Waals surface area contributed by atoms with Crippen LogP contribution in [0.4, 0.5) is 0 Å². The number of nitrogens with one attached hydrogen (secondary N) is 1. The number of hydrogen-bond acceptors (Lipinski definition) is 6. The molecule has 8 heteroatoms. The van der Waals surface area contributed by atoms with Gasteiger partial charge in [0.1, 0.15) is 0 Å². The Morgan fingerprint density at radius 1 is 1.50 bits per heavy atom. The first-order valence-corrected chi connectivity index (χ1v) is 7.87. The van der Waals surface area contributed by atoms with Crippen molar-refractivity contribution in [1.82, 2.24) is 4.72 Å². The van der Waals surface area contributed by atoms with Crippen LogP contribution in [0.1, 0.15) is 29.8 Å². The maximum atomic E-state index is 12.2. The summed E-state index contributed by atoms with van der Waals surface area (Å²) in [6.07, 6.45) is 2.61. The molecule has 2 atom stereocenters. The van der Waals surface area contributed by atoms with Crippen LogP contribution in [0.5, 0.6) is 0 Å². The largest absolute Gasteiger partial charge is 0.463 e. The fraction of sp³-hybridized carbons (Fsp3) is 0.583. The van der Waals surface area contributed by atoms with Gasteiger partial charge in [-0.3, -0.25) is 0 Å². The molecule has 3 N–H and O–H groups in total. The molecule has 112 valence electrons. The van der Waals surface area contributed by atoms with Crippen molar-refractivity contribution in [2.45, 2.75) is 30.4 Å². The van der Waals surface area contributed by atoms with Crippen molar-refractivity contribution < 1.29 is 22.4 Å². The topological polar surface area (TPSA) is 112 Å². The van der Waals surface area contributed by atoms with E-state index in [0.717, 1.165) is 19.3 Å². The Kier molecular flexibility index (Phi) is 4.46. The van der Waals surface area contributed by atoms with Gasteiger partial charge in [0.15, 0.2) is 0 Å². The van der Waals surface area contributed by atoms with Gasteiger partial charge in [0.2, 0.25) is 10.9 Å². The number of hydrogen-bond donors (Lipinski definition) is 2. The first kappa shape index (κ1) is 15.0. The Morgan fingerprint density at radius 2 is 2.25 bits per heavy atom. The Hall–Kier alpha value is -1.38. The second-order valence-corrected chi connectivity index (χ2v) is 6.41. The van der Waals surface area contributed by atoms with Crippen LogP contribution in [-0.2, 0) is 14.8 Å². The van der Waals surface area contributed by atoms with E-state index in [1.165, 1.54) is 19.2 Å². The SMILES string of the molecule is COC(=O)c1ccc(S(=O)(=O)NC2CCCC2CN)o1. The molecule has 2 rings (SSSR count). The van der Waals surface area contributed by atoms with Gasteiger partial charge in [0, 0.05) is 6.04 Å². The molecule has 1 aliphatic carbocycles. The minimum Gasteiger partial charge on any atom is -0.463 e. The molecule has 2 unspecified atom stereocenters. The molecule has 0 bridgehead atoms. The van der Waals surface area contributed by atoms with Crippen LogP contribution in [0.2, 0.25) is 0 Å². The number of carbonyl (C=O) groups excluding carboxylic acids is 1. The molecule has 0 aromatic carbocycles. The summed E-state index contributed by atoms with van der Waals surface area (Å²) in [6.45, 7) is 0.443. The number of rotatable bonds is 5. The number of sulfonamides is 1. The van der Waals surface area contributed by atoms with Crippen molar-refractivity contribution in [3.63, 3.8) is 0 Å². The predicted octanol–water partition coefficient (Wildman–Crippen LogP) is 0.472. The molecule has 1 saturated carbocycles. The number of furan rings is 1. The molecule has 1 heterocycles. The minimum atomic E-state index is -3.79. The van der Waals surface area contributed by atoms with Crippen LogP contribution in [-0.4, -0.2) is 34.1 Å². The molecule has 0 radical (unpaired) electrons. The molecule has 20 heavy (non-hydrogen) atoms. The molecule has 0 aliphatic heterocycles. The lowest BCUT2D eigenvalue weighted by atomic mass is 10.1. The molecular formula is C12H18N2O5S. The average molecular weight is 302 g/mol. The van der Waals surface area contributed by atoms with Crippen molar-refractivity contribution >= 4 is 16.0 Å². The molecule has 1 aromatic rings. The summed E-state index contributed by atoms with van der Waals surface area (Å²) in [4.78, 5) is 11.2. The normalized spacial score (nSPS) is 22.9. The van der Waals surface area contributed by atoms with E-state index in [1.54, 1.807) is 0 Å². The summed E-state index contributed by atoms with van der Waals surface area (Å²) in [5, 5.41) is -0.291. The fourth-order valence-corrected chi connectivity index (χ4v) is 3.68. The van der Waals surface area contributed by atoms with Gasteiger partial charge in [-0.1, -0.05) is 6.42 Å². The lowest BCUT2D eigenvalue weighted by Gasteiger charge is -2.18. The highest BCUT2D eigenvalue weighted by Gasteiger charge is 2.32. The summed E-state index contributed by atoms with van der Waals surface area (Å²) in [6, 6.07) is 2.33. The van der Waals surface area contributed by atoms with Crippen molar-refractivity contribution in [3.05, 3.63) is 17.9 Å². The van der Waals surface area contributed by atoms with Crippen LogP contribution in [0.15, 0.2) is 21.6 Å². The summed E-state index contributed by atoms with van der Waals surface area (Å²) >= 11 is 0. The van der Waals surface area contributed by atoms with Gasteiger partial charge in [-0.05, 0) is 37.4 Å². The van der Waals surface area contributed by atoms with E-state index in [4.69, 9.17) is 10.2 Å². The minimum absolute atomic E-state index is 0.139. The molecule has 1 fully saturated rings. The van der Waals surface area contributed by atoms with E-state index < -0.39 is 16.0 Å². The highest BCUT2D eigenvalue weighted by Crippen LogP contribution is 2.26. The maximum Gasteiger partial charge on any atom is 0.374 e. The lowest BCUT2D eigenvalue weighted by molar-refractivity contribution is 0.0559. The van der Waals surface area contributed by atoms with E-state index in [0.29, 0.717) is 6.54 Å². The zero-order valence-corrected chi connectivity index (χ0v) is 12.0. The van der Waals surface area contributed by atoms with Crippen LogP contribution in [0.25, 0.3) is 0 Å². The summed E-state index contributed by atoms with van der Waals surface area (Å²) in [7, 11) is -2.59. The average Bonchev–Trinajstić information content (AvgIpc) is 3.06. The third-order valence-corrected chi connectivity index (χ3v) is 4.86. The predicted molar refractivity (Wildman–Crippen MR) is 70.6 cm³/mol. The molecular weight excluding hydrogens is 284 g/mol. The van der Waals surface area contributed by atoms with Crippen molar-refractivity contribution in [2.75, 3.05) is 13.7 Å². The van der Waals surface area contributed by atoms with Gasteiger partial charge in [0.05, 0.1) is 7.11 Å². The summed E-state index contributed by atoms with van der Waals surface area (Å²) < 4.78 is 36.4. The number of nitrogens with two attached hydrogens (primary N) is 1. The Labute approximate surface area is 117 Å². The van der Waals surface area contributed by atoms with Crippen LogP contribution < -0.4 is 10.5 Å². The van der Waals surface area contributed by atoms with Gasteiger partial charge in [-0.2, -0.15) is 0 Å². The standard InChI is InChI=1S/C12H18N2O5S/c1-18-12(15)10-5-6-11(19-10)20(16,17)14-9-4-2-3-8(9)7-13/h5-6,8-9,14H,2-4,7,13H2,1H3. The first-order valence-electron chi connectivity index (χ1n) is 6.38. The van der Waals surface area contributed by atoms with Gasteiger partial charge in [-0.25, -0.2) is 17.9 Å². The van der Waals surface area contributed by atoms with Gasteiger partial charge in [0.25, 0.3) is 10.0 Å². The van der Waals surface area contributed by atoms with E-state index in [-0.39, 0.29) is 22.8 Å². The van der Waals surface area contributed by atoms with Crippen molar-refractivity contribution in [1.29, 1.82) is 0 Å². The van der Waals surface area contributed by atoms with Crippen LogP contribution in [0.3, 0.4) is 0 Å². The van der Waals surface area contributed by atoms with Crippen LogP contribution in [0, 0.1) is 5.92 Å². The Balaban J connectivity index is 2.14. The third-order valence-electron chi connectivity index (χ3n) is 3.50. The van der Waals surface area contributed by atoms with Gasteiger partial charge in [-0.15, -0.1) is 0 Å². The smallest absolute Gasteiger partial charge is 0.374 e. The quantitative estimate of drug-likeness (QED) is 0.765. The third kappa shape index (κ3) is 3.02. The zero-order valence-electron chi connectivity index (χ0n) is 11.2. The lowest BCUT2D eigenvalue weighted by Crippen LogP contribution is -2.39. The fourth-order valence-electron chi connectivity index (χ4n) is 2.41. The molecule has 1 aromatic heterocycles. The summed E-state index contributed by atoms with van der Waals surface area (Å²) in [5.41, 5.74) is 5.62. The second kappa shape index (κ2) is 5.94. The van der Waals surface area contributed by atoms with Crippen molar-refractivity contribution in [3.8, 4) is 0 Å². The van der Waals surface area contributed by atoms with Crippen LogP contribution >= 0.6 is 0 Å². The highest BCUT2D eigenvalue weighted by molar-refractivity contribution is 7.89. The Morgan fingerprint density at radius 3 is 2.90 bits per heavy atom. The number of carbonyl (C=O) groups is 1. The maximum absolute atomic E-state index is 12.2.